The molecule has 4 aromatic heterocycles. The van der Waals surface area contributed by atoms with Crippen LogP contribution in [0, 0.1) is 0 Å². The first-order valence-corrected chi connectivity index (χ1v) is 6.56. The predicted molar refractivity (Wildman–Crippen MR) is 79.3 cm³/mol. The molecule has 0 saturated heterocycles. The van der Waals surface area contributed by atoms with Crippen molar-refractivity contribution in [2.45, 2.75) is 0 Å². The molecule has 0 radical (unpaired) electrons. The summed E-state index contributed by atoms with van der Waals surface area (Å²) in [6.45, 7) is 0. The third kappa shape index (κ3) is 1.80. The highest BCUT2D eigenvalue weighted by atomic mass is 15.3. The van der Waals surface area contributed by atoms with Gasteiger partial charge in [0.25, 0.3) is 0 Å². The van der Waals surface area contributed by atoms with Gasteiger partial charge in [0.1, 0.15) is 5.69 Å². The van der Waals surface area contributed by atoms with E-state index in [-0.39, 0.29) is 0 Å². The number of aromatic amines is 1. The number of aromatic nitrogens is 6. The topological polar surface area (TPSA) is 72.3 Å². The summed E-state index contributed by atoms with van der Waals surface area (Å²) in [6, 6.07) is 7.85. The molecule has 4 aromatic rings. The van der Waals surface area contributed by atoms with E-state index in [1.165, 1.54) is 0 Å². The zero-order valence-corrected chi connectivity index (χ0v) is 11.4. The van der Waals surface area contributed by atoms with E-state index in [1.807, 2.05) is 36.0 Å². The molecule has 0 aliphatic heterocycles. The highest BCUT2D eigenvalue weighted by Crippen LogP contribution is 2.30. The Morgan fingerprint density at radius 1 is 0.952 bits per heavy atom. The van der Waals surface area contributed by atoms with Gasteiger partial charge in [-0.2, -0.15) is 10.2 Å². The largest absolute Gasteiger partial charge is 0.276 e. The average Bonchev–Trinajstić information content (AvgIpc) is 3.17. The number of hydrogen-bond acceptors (Lipinski definition) is 4. The van der Waals surface area contributed by atoms with Crippen molar-refractivity contribution >= 4 is 10.9 Å². The summed E-state index contributed by atoms with van der Waals surface area (Å²) in [5.41, 5.74) is 4.64. The van der Waals surface area contributed by atoms with E-state index in [1.54, 1.807) is 24.8 Å². The van der Waals surface area contributed by atoms with Gasteiger partial charge >= 0.3 is 0 Å². The Morgan fingerprint density at radius 3 is 2.62 bits per heavy atom. The number of nitrogens with zero attached hydrogens (tertiary/aromatic N) is 5. The molecule has 0 amide bonds. The van der Waals surface area contributed by atoms with Crippen LogP contribution in [-0.2, 0) is 7.05 Å². The Kier molecular flexibility index (Phi) is 2.53. The smallest absolute Gasteiger partial charge is 0.114 e. The van der Waals surface area contributed by atoms with Crippen LogP contribution in [0.25, 0.3) is 33.5 Å². The summed E-state index contributed by atoms with van der Waals surface area (Å²) >= 11 is 0. The van der Waals surface area contributed by atoms with Crippen molar-refractivity contribution < 1.29 is 0 Å². The Morgan fingerprint density at radius 2 is 1.86 bits per heavy atom. The van der Waals surface area contributed by atoms with Crippen molar-refractivity contribution in [3.8, 4) is 22.6 Å². The molecule has 4 rings (SSSR count). The molecule has 21 heavy (non-hydrogen) atoms. The molecular formula is C15H12N6. The van der Waals surface area contributed by atoms with E-state index in [9.17, 15) is 0 Å². The minimum absolute atomic E-state index is 0.800. The zero-order valence-electron chi connectivity index (χ0n) is 11.4. The maximum absolute atomic E-state index is 4.50. The first-order valence-electron chi connectivity index (χ1n) is 6.56. The van der Waals surface area contributed by atoms with E-state index < -0.39 is 0 Å². The fourth-order valence-electron chi connectivity index (χ4n) is 2.52. The number of H-pyrrole nitrogens is 1. The molecule has 0 saturated carbocycles. The van der Waals surface area contributed by atoms with E-state index in [0.29, 0.717) is 0 Å². The highest BCUT2D eigenvalue weighted by molar-refractivity contribution is 5.99. The monoisotopic (exact) mass is 276 g/mol. The maximum Gasteiger partial charge on any atom is 0.114 e. The van der Waals surface area contributed by atoms with Crippen LogP contribution < -0.4 is 0 Å². The fraction of sp³-hybridized carbons (Fsp3) is 0.0667. The van der Waals surface area contributed by atoms with Crippen LogP contribution in [0.15, 0.2) is 49.1 Å². The number of fused-ring (bicyclic) bond motifs is 1. The molecule has 0 aliphatic rings. The van der Waals surface area contributed by atoms with Gasteiger partial charge in [-0.15, -0.1) is 0 Å². The summed E-state index contributed by atoms with van der Waals surface area (Å²) in [6.07, 6.45) is 7.09. The molecule has 1 N–H and O–H groups in total. The van der Waals surface area contributed by atoms with Crippen molar-refractivity contribution in [2.75, 3.05) is 0 Å². The molecule has 0 unspecified atom stereocenters. The second-order valence-corrected chi connectivity index (χ2v) is 4.72. The van der Waals surface area contributed by atoms with Gasteiger partial charge in [-0.25, -0.2) is 0 Å². The van der Waals surface area contributed by atoms with Gasteiger partial charge in [0.05, 0.1) is 16.9 Å². The lowest BCUT2D eigenvalue weighted by molar-refractivity contribution is 0.776. The van der Waals surface area contributed by atoms with Gasteiger partial charge in [-0.05, 0) is 24.3 Å². The molecule has 6 heteroatoms. The van der Waals surface area contributed by atoms with Crippen molar-refractivity contribution in [1.29, 1.82) is 0 Å². The van der Waals surface area contributed by atoms with Crippen LogP contribution in [0.3, 0.4) is 0 Å². The summed E-state index contributed by atoms with van der Waals surface area (Å²) in [5, 5.41) is 12.2. The minimum Gasteiger partial charge on any atom is -0.276 e. The first-order chi connectivity index (χ1) is 10.3. The third-order valence-electron chi connectivity index (χ3n) is 3.51. The van der Waals surface area contributed by atoms with E-state index in [2.05, 4.69) is 25.3 Å². The van der Waals surface area contributed by atoms with Crippen molar-refractivity contribution in [2.24, 2.45) is 7.05 Å². The van der Waals surface area contributed by atoms with Gasteiger partial charge in [0.15, 0.2) is 0 Å². The Bertz CT molecular complexity index is 907. The normalized spacial score (nSPS) is 11.1. The lowest BCUT2D eigenvalue weighted by atomic mass is 10.1. The summed E-state index contributed by atoms with van der Waals surface area (Å²) in [7, 11) is 1.93. The standard InChI is InChI=1S/C15H12N6/c1-21-13(5-9-19-21)10-2-6-16-14-11(10)3-7-17-15(14)12-4-8-18-20-12/h2-9H,1H3,(H,18,20). The molecule has 0 spiro atoms. The van der Waals surface area contributed by atoms with Crippen LogP contribution in [0.5, 0.6) is 0 Å². The van der Waals surface area contributed by atoms with Gasteiger partial charge in [-0.1, -0.05) is 0 Å². The van der Waals surface area contributed by atoms with Crippen LogP contribution in [-0.4, -0.2) is 29.9 Å². The summed E-state index contributed by atoms with van der Waals surface area (Å²) in [5.74, 6) is 0. The molecule has 6 nitrogen and oxygen atoms in total. The molecule has 0 atom stereocenters. The average molecular weight is 276 g/mol. The summed E-state index contributed by atoms with van der Waals surface area (Å²) < 4.78 is 1.85. The van der Waals surface area contributed by atoms with Gasteiger partial charge in [0.2, 0.25) is 0 Å². The first kappa shape index (κ1) is 11.8. The SMILES string of the molecule is Cn1nccc1-c1ccnc2c(-c3ccn[nH]3)nccc12. The Balaban J connectivity index is 2.04. The molecule has 4 heterocycles. The van der Waals surface area contributed by atoms with Crippen LogP contribution in [0.2, 0.25) is 0 Å². The lowest BCUT2D eigenvalue weighted by Crippen LogP contribution is -1.96. The number of rotatable bonds is 2. The summed E-state index contributed by atoms with van der Waals surface area (Å²) in [4.78, 5) is 8.94. The number of nitrogens with one attached hydrogen (secondary N) is 1. The van der Waals surface area contributed by atoms with Gasteiger partial charge in [-0.3, -0.25) is 19.7 Å². The van der Waals surface area contributed by atoms with Crippen molar-refractivity contribution in [1.82, 2.24) is 29.9 Å². The maximum atomic E-state index is 4.50. The van der Waals surface area contributed by atoms with Gasteiger partial charge in [0, 0.05) is 42.8 Å². The van der Waals surface area contributed by atoms with E-state index in [4.69, 9.17) is 0 Å². The van der Waals surface area contributed by atoms with E-state index >= 15 is 0 Å². The Labute approximate surface area is 120 Å². The number of hydrogen-bond donors (Lipinski definition) is 1. The minimum atomic E-state index is 0.800. The second kappa shape index (κ2) is 4.52. The quantitative estimate of drug-likeness (QED) is 0.610. The molecule has 0 aliphatic carbocycles. The molecular weight excluding hydrogens is 264 g/mol. The van der Waals surface area contributed by atoms with Gasteiger partial charge < -0.3 is 0 Å². The van der Waals surface area contributed by atoms with Crippen molar-refractivity contribution in [3.05, 3.63) is 49.1 Å². The lowest BCUT2D eigenvalue weighted by Gasteiger charge is -2.08. The Hall–Kier alpha value is -3.02. The number of aryl methyl sites for hydroxylation is 1. The number of pyridine rings is 2. The van der Waals surface area contributed by atoms with Crippen LogP contribution in [0.1, 0.15) is 0 Å². The zero-order chi connectivity index (χ0) is 14.2. The van der Waals surface area contributed by atoms with Crippen LogP contribution >= 0.6 is 0 Å². The molecule has 102 valence electrons. The van der Waals surface area contributed by atoms with Crippen LogP contribution in [0.4, 0.5) is 0 Å². The van der Waals surface area contributed by atoms with E-state index in [0.717, 1.165) is 33.5 Å². The molecule has 0 fully saturated rings. The third-order valence-corrected chi connectivity index (χ3v) is 3.51. The predicted octanol–water partition coefficient (Wildman–Crippen LogP) is 2.42. The highest BCUT2D eigenvalue weighted by Gasteiger charge is 2.12. The fourth-order valence-corrected chi connectivity index (χ4v) is 2.52. The molecule has 0 aromatic carbocycles. The second-order valence-electron chi connectivity index (χ2n) is 4.72. The van der Waals surface area contributed by atoms with Crippen molar-refractivity contribution in [3.63, 3.8) is 0 Å². The molecule has 0 bridgehead atoms.